The van der Waals surface area contributed by atoms with E-state index in [0.29, 0.717) is 47.3 Å². The van der Waals surface area contributed by atoms with Crippen molar-refractivity contribution in [2.45, 2.75) is 25.9 Å². The topological polar surface area (TPSA) is 99.2 Å². The van der Waals surface area contributed by atoms with Crippen molar-refractivity contribution in [3.8, 4) is 0 Å². The molecular weight excluding hydrogens is 493 g/mol. The number of carbonyl (C=O) groups is 3. The summed E-state index contributed by atoms with van der Waals surface area (Å²) in [6, 6.07) is 11.9. The van der Waals surface area contributed by atoms with E-state index >= 15 is 0 Å². The fourth-order valence-corrected chi connectivity index (χ4v) is 4.60. The van der Waals surface area contributed by atoms with E-state index in [1.165, 1.54) is 0 Å². The van der Waals surface area contributed by atoms with Crippen LogP contribution in [0, 0.1) is 5.92 Å². The molecular formula is C25H29Cl2N3O5. The van der Waals surface area contributed by atoms with E-state index in [-0.39, 0.29) is 43.9 Å². The van der Waals surface area contributed by atoms with E-state index in [9.17, 15) is 19.5 Å². The van der Waals surface area contributed by atoms with Gasteiger partial charge in [-0.05, 0) is 35.7 Å². The van der Waals surface area contributed by atoms with Crippen LogP contribution in [-0.4, -0.2) is 66.2 Å². The van der Waals surface area contributed by atoms with Crippen LogP contribution in [0.1, 0.15) is 34.3 Å². The van der Waals surface area contributed by atoms with Crippen LogP contribution in [0.3, 0.4) is 0 Å². The smallest absolute Gasteiger partial charge is 0.320 e. The summed E-state index contributed by atoms with van der Waals surface area (Å²) in [5.74, 6) is -1.43. The normalized spacial score (nSPS) is 15.9. The third-order valence-electron chi connectivity index (χ3n) is 5.77. The van der Waals surface area contributed by atoms with Gasteiger partial charge in [0.15, 0.2) is 0 Å². The van der Waals surface area contributed by atoms with Gasteiger partial charge in [0, 0.05) is 68.0 Å². The van der Waals surface area contributed by atoms with Crippen molar-refractivity contribution < 1.29 is 24.2 Å². The minimum Gasteiger partial charge on any atom is -0.481 e. The van der Waals surface area contributed by atoms with Crippen LogP contribution >= 0.6 is 23.2 Å². The van der Waals surface area contributed by atoms with E-state index in [1.54, 1.807) is 53.3 Å². The standard InChI is InChI=1S/C25H29Cl2N3O5/c1-35-10-4-9-28-24(33)21-6-3-2-5-18(21)15-29-13-17(11-23(31)32)14-30(25(29)34)16-19-7-8-20(26)12-22(19)27/h2-3,5-8,12,17H,4,9-11,13-16H2,1H3,(H,28,33)(H,31,32). The van der Waals surface area contributed by atoms with Gasteiger partial charge < -0.3 is 25.0 Å². The molecule has 0 aromatic heterocycles. The number of carboxylic acid groups (broad SMARTS) is 1. The molecule has 2 aromatic carbocycles. The van der Waals surface area contributed by atoms with Gasteiger partial charge in [-0.3, -0.25) is 9.59 Å². The first-order valence-electron chi connectivity index (χ1n) is 11.3. The quantitative estimate of drug-likeness (QED) is 0.429. The first kappa shape index (κ1) is 26.8. The van der Waals surface area contributed by atoms with E-state index in [0.717, 1.165) is 5.56 Å². The Bertz CT molecular complexity index is 1070. The van der Waals surface area contributed by atoms with E-state index in [4.69, 9.17) is 27.9 Å². The molecule has 3 amide bonds. The number of halogens is 2. The number of hydrogen-bond acceptors (Lipinski definition) is 4. The zero-order chi connectivity index (χ0) is 25.4. The van der Waals surface area contributed by atoms with Crippen LogP contribution in [0.2, 0.25) is 10.0 Å². The highest BCUT2D eigenvalue weighted by Crippen LogP contribution is 2.26. The molecule has 8 nitrogen and oxygen atoms in total. The van der Waals surface area contributed by atoms with Gasteiger partial charge >= 0.3 is 12.0 Å². The Labute approximate surface area is 214 Å². The summed E-state index contributed by atoms with van der Waals surface area (Å²) in [5, 5.41) is 13.2. The predicted octanol–water partition coefficient (Wildman–Crippen LogP) is 4.29. The van der Waals surface area contributed by atoms with Gasteiger partial charge in [-0.15, -0.1) is 0 Å². The Hall–Kier alpha value is -2.81. The maximum Gasteiger partial charge on any atom is 0.320 e. The van der Waals surface area contributed by atoms with Crippen molar-refractivity contribution >= 4 is 41.1 Å². The summed E-state index contributed by atoms with van der Waals surface area (Å²) in [4.78, 5) is 40.8. The minimum absolute atomic E-state index is 0.0732. The molecule has 0 radical (unpaired) electrons. The van der Waals surface area contributed by atoms with E-state index < -0.39 is 5.97 Å². The fraction of sp³-hybridized carbons (Fsp3) is 0.400. The molecule has 1 atom stereocenters. The van der Waals surface area contributed by atoms with Crippen molar-refractivity contribution in [1.29, 1.82) is 0 Å². The van der Waals surface area contributed by atoms with Crippen LogP contribution in [0.25, 0.3) is 0 Å². The number of carboxylic acids is 1. The molecule has 1 fully saturated rings. The number of nitrogens with zero attached hydrogens (tertiary/aromatic N) is 2. The van der Waals surface area contributed by atoms with Gasteiger partial charge in [-0.2, -0.15) is 0 Å². The molecule has 0 saturated carbocycles. The summed E-state index contributed by atoms with van der Waals surface area (Å²) in [5.41, 5.74) is 1.88. The monoisotopic (exact) mass is 521 g/mol. The van der Waals surface area contributed by atoms with Crippen LogP contribution in [0.15, 0.2) is 42.5 Å². The second-order valence-corrected chi connectivity index (χ2v) is 9.35. The van der Waals surface area contributed by atoms with Gasteiger partial charge in [-0.25, -0.2) is 4.79 Å². The first-order chi connectivity index (χ1) is 16.8. The lowest BCUT2D eigenvalue weighted by Gasteiger charge is -2.40. The second-order valence-electron chi connectivity index (χ2n) is 8.50. The highest BCUT2D eigenvalue weighted by molar-refractivity contribution is 6.35. The van der Waals surface area contributed by atoms with Crippen LogP contribution in [0.4, 0.5) is 4.79 Å². The molecule has 0 aliphatic carbocycles. The largest absolute Gasteiger partial charge is 0.481 e. The Morgan fingerprint density at radius 2 is 1.77 bits per heavy atom. The summed E-state index contributed by atoms with van der Waals surface area (Å²) in [6.45, 7) is 2.00. The van der Waals surface area contributed by atoms with Crippen LogP contribution in [-0.2, 0) is 22.6 Å². The maximum atomic E-state index is 13.4. The molecule has 0 spiro atoms. The van der Waals surface area contributed by atoms with Gasteiger partial charge in [0.05, 0.1) is 6.42 Å². The number of benzene rings is 2. The molecule has 1 aliphatic heterocycles. The number of urea groups is 1. The number of rotatable bonds is 11. The highest BCUT2D eigenvalue weighted by atomic mass is 35.5. The maximum absolute atomic E-state index is 13.4. The van der Waals surface area contributed by atoms with Crippen LogP contribution < -0.4 is 5.32 Å². The molecule has 3 rings (SSSR count). The summed E-state index contributed by atoms with van der Waals surface area (Å²) in [6.07, 6.45) is 0.615. The summed E-state index contributed by atoms with van der Waals surface area (Å²) < 4.78 is 5.01. The molecule has 1 aliphatic rings. The van der Waals surface area contributed by atoms with Crippen molar-refractivity contribution in [2.75, 3.05) is 33.4 Å². The number of nitrogens with one attached hydrogen (secondary N) is 1. The molecule has 1 heterocycles. The Balaban J connectivity index is 1.79. The second kappa shape index (κ2) is 12.8. The lowest BCUT2D eigenvalue weighted by molar-refractivity contribution is -0.138. The number of hydrogen-bond donors (Lipinski definition) is 2. The number of carbonyl (C=O) groups excluding carboxylic acids is 2. The molecule has 1 unspecified atom stereocenters. The predicted molar refractivity (Wildman–Crippen MR) is 134 cm³/mol. The average molecular weight is 522 g/mol. The SMILES string of the molecule is COCCCNC(=O)c1ccccc1CN1CC(CC(=O)O)CN(Cc2ccc(Cl)cc2Cl)C1=O. The lowest BCUT2D eigenvalue weighted by Crippen LogP contribution is -2.53. The van der Waals surface area contributed by atoms with E-state index in [2.05, 4.69) is 5.32 Å². The molecule has 2 aromatic rings. The van der Waals surface area contributed by atoms with Crippen molar-refractivity contribution in [1.82, 2.24) is 15.1 Å². The third-order valence-corrected chi connectivity index (χ3v) is 6.36. The molecule has 35 heavy (non-hydrogen) atoms. The van der Waals surface area contributed by atoms with Crippen molar-refractivity contribution in [3.63, 3.8) is 0 Å². The number of amides is 3. The van der Waals surface area contributed by atoms with E-state index in [1.807, 2.05) is 6.07 Å². The van der Waals surface area contributed by atoms with Gasteiger partial charge in [0.2, 0.25) is 0 Å². The molecule has 188 valence electrons. The Morgan fingerprint density at radius 3 is 2.43 bits per heavy atom. The fourth-order valence-electron chi connectivity index (χ4n) is 4.13. The van der Waals surface area contributed by atoms with Gasteiger partial charge in [-0.1, -0.05) is 47.5 Å². The Morgan fingerprint density at radius 1 is 1.09 bits per heavy atom. The number of aliphatic carboxylic acids is 1. The highest BCUT2D eigenvalue weighted by Gasteiger charge is 2.33. The Kier molecular flexibility index (Phi) is 9.77. The third kappa shape index (κ3) is 7.59. The lowest BCUT2D eigenvalue weighted by atomic mass is 9.99. The summed E-state index contributed by atoms with van der Waals surface area (Å²) in [7, 11) is 1.61. The van der Waals surface area contributed by atoms with Crippen LogP contribution in [0.5, 0.6) is 0 Å². The zero-order valence-electron chi connectivity index (χ0n) is 19.5. The van der Waals surface area contributed by atoms with Crippen molar-refractivity contribution in [3.05, 3.63) is 69.2 Å². The molecule has 1 saturated heterocycles. The van der Waals surface area contributed by atoms with Gasteiger partial charge in [0.1, 0.15) is 0 Å². The van der Waals surface area contributed by atoms with Crippen molar-refractivity contribution in [2.24, 2.45) is 5.92 Å². The average Bonchev–Trinajstić information content (AvgIpc) is 2.81. The zero-order valence-corrected chi connectivity index (χ0v) is 21.0. The molecule has 10 heteroatoms. The van der Waals surface area contributed by atoms with Gasteiger partial charge in [0.25, 0.3) is 5.91 Å². The number of methoxy groups -OCH3 is 1. The number of ether oxygens (including phenoxy) is 1. The first-order valence-corrected chi connectivity index (χ1v) is 12.1. The molecule has 0 bridgehead atoms. The minimum atomic E-state index is -0.926. The summed E-state index contributed by atoms with van der Waals surface area (Å²) >= 11 is 12.3. The molecule has 2 N–H and O–H groups in total.